The zero-order valence-electron chi connectivity index (χ0n) is 6.74. The molecule has 1 heterocycles. The molecule has 1 N–H and O–H groups in total. The Balaban J connectivity index is 3.27. The van der Waals surface area contributed by atoms with Gasteiger partial charge in [-0.25, -0.2) is 14.8 Å². The first-order valence-corrected chi connectivity index (χ1v) is 3.25. The summed E-state index contributed by atoms with van der Waals surface area (Å²) in [5, 5.41) is 8.65. The summed E-state index contributed by atoms with van der Waals surface area (Å²) < 4.78 is 4.83. The van der Waals surface area contributed by atoms with Crippen LogP contribution >= 0.6 is 0 Å². The number of hydrogen-bond acceptors (Lipinski definition) is 4. The van der Waals surface area contributed by atoms with Crippen LogP contribution in [0.3, 0.4) is 0 Å². The Morgan fingerprint density at radius 2 is 2.25 bits per heavy atom. The maximum absolute atomic E-state index is 10.6. The Bertz CT molecular complexity index is 312. The maximum Gasteiger partial charge on any atom is 0.358 e. The Kier molecular flexibility index (Phi) is 2.23. The van der Waals surface area contributed by atoms with Crippen LogP contribution < -0.4 is 4.74 Å². The van der Waals surface area contributed by atoms with E-state index >= 15 is 0 Å². The van der Waals surface area contributed by atoms with Crippen molar-refractivity contribution in [2.45, 2.75) is 6.92 Å². The second-order valence-corrected chi connectivity index (χ2v) is 2.15. The minimum absolute atomic E-state index is 0.106. The van der Waals surface area contributed by atoms with E-state index in [9.17, 15) is 4.79 Å². The molecule has 5 nitrogen and oxygen atoms in total. The lowest BCUT2D eigenvalue weighted by molar-refractivity contribution is 0.0686. The van der Waals surface area contributed by atoms with Crippen LogP contribution in [-0.4, -0.2) is 28.2 Å². The van der Waals surface area contributed by atoms with Gasteiger partial charge in [0.25, 0.3) is 0 Å². The van der Waals surface area contributed by atoms with Crippen LogP contribution in [-0.2, 0) is 0 Å². The summed E-state index contributed by atoms with van der Waals surface area (Å²) in [4.78, 5) is 17.9. The molecular weight excluding hydrogens is 160 g/mol. The van der Waals surface area contributed by atoms with Gasteiger partial charge in [0.15, 0.2) is 11.4 Å². The van der Waals surface area contributed by atoms with Gasteiger partial charge in [-0.15, -0.1) is 0 Å². The summed E-state index contributed by atoms with van der Waals surface area (Å²) in [6, 6.07) is 0. The molecule has 1 aromatic heterocycles. The number of aromatic carboxylic acids is 1. The molecule has 0 aromatic carbocycles. The molecule has 0 atom stereocenters. The molecule has 0 saturated carbocycles. The van der Waals surface area contributed by atoms with Gasteiger partial charge in [0.1, 0.15) is 6.33 Å². The molecular formula is C7H8N2O3. The molecule has 0 fully saturated rings. The molecule has 0 aliphatic carbocycles. The number of hydrogen-bond donors (Lipinski definition) is 1. The molecule has 0 saturated heterocycles. The predicted octanol–water partition coefficient (Wildman–Crippen LogP) is 0.492. The number of aromatic nitrogens is 2. The smallest absolute Gasteiger partial charge is 0.358 e. The average Bonchev–Trinajstić information content (AvgIpc) is 2.03. The van der Waals surface area contributed by atoms with Crippen molar-refractivity contribution in [2.24, 2.45) is 0 Å². The molecule has 0 spiro atoms. The second-order valence-electron chi connectivity index (χ2n) is 2.15. The van der Waals surface area contributed by atoms with Crippen LogP contribution in [0.1, 0.15) is 16.2 Å². The first kappa shape index (κ1) is 8.45. The van der Waals surface area contributed by atoms with Crippen LogP contribution in [0, 0.1) is 6.92 Å². The highest BCUT2D eigenvalue weighted by Gasteiger charge is 2.14. The van der Waals surface area contributed by atoms with Crippen molar-refractivity contribution in [3.05, 3.63) is 17.7 Å². The van der Waals surface area contributed by atoms with Crippen molar-refractivity contribution in [1.82, 2.24) is 9.97 Å². The number of aryl methyl sites for hydroxylation is 1. The predicted molar refractivity (Wildman–Crippen MR) is 40.3 cm³/mol. The molecule has 0 amide bonds. The van der Waals surface area contributed by atoms with Gasteiger partial charge >= 0.3 is 5.97 Å². The van der Waals surface area contributed by atoms with Crippen molar-refractivity contribution in [1.29, 1.82) is 0 Å². The lowest BCUT2D eigenvalue weighted by atomic mass is 10.3. The Labute approximate surface area is 69.0 Å². The molecule has 5 heteroatoms. The second kappa shape index (κ2) is 3.17. The third-order valence-corrected chi connectivity index (χ3v) is 1.39. The van der Waals surface area contributed by atoms with Crippen molar-refractivity contribution in [3.8, 4) is 5.75 Å². The summed E-state index contributed by atoms with van der Waals surface area (Å²) in [5.74, 6) is -0.901. The van der Waals surface area contributed by atoms with Crippen molar-refractivity contribution < 1.29 is 14.6 Å². The Morgan fingerprint density at radius 3 is 2.67 bits per heavy atom. The largest absolute Gasteiger partial charge is 0.492 e. The fourth-order valence-electron chi connectivity index (χ4n) is 0.859. The van der Waals surface area contributed by atoms with Gasteiger partial charge in [-0.1, -0.05) is 0 Å². The van der Waals surface area contributed by atoms with E-state index in [1.807, 2.05) is 0 Å². The summed E-state index contributed by atoms with van der Waals surface area (Å²) in [6.45, 7) is 1.66. The van der Waals surface area contributed by atoms with Crippen molar-refractivity contribution >= 4 is 5.97 Å². The number of carbonyl (C=O) groups is 1. The number of ether oxygens (including phenoxy) is 1. The van der Waals surface area contributed by atoms with Gasteiger partial charge in [-0.3, -0.25) is 0 Å². The van der Waals surface area contributed by atoms with E-state index in [4.69, 9.17) is 9.84 Å². The van der Waals surface area contributed by atoms with Crippen molar-refractivity contribution in [3.63, 3.8) is 0 Å². The standard InChI is InChI=1S/C7H8N2O3/c1-4-6(12-2)5(7(10)11)9-3-8-4/h3H,1-2H3,(H,10,11). The molecule has 0 bridgehead atoms. The minimum atomic E-state index is -1.11. The molecule has 64 valence electrons. The summed E-state index contributed by atoms with van der Waals surface area (Å²) in [7, 11) is 1.39. The Hall–Kier alpha value is -1.65. The Morgan fingerprint density at radius 1 is 1.58 bits per heavy atom. The van der Waals surface area contributed by atoms with Crippen LogP contribution in [0.25, 0.3) is 0 Å². The maximum atomic E-state index is 10.6. The van der Waals surface area contributed by atoms with E-state index in [1.54, 1.807) is 6.92 Å². The van der Waals surface area contributed by atoms with E-state index in [1.165, 1.54) is 13.4 Å². The van der Waals surface area contributed by atoms with Crippen LogP contribution in [0.4, 0.5) is 0 Å². The van der Waals surface area contributed by atoms with Crippen molar-refractivity contribution in [2.75, 3.05) is 7.11 Å². The van der Waals surface area contributed by atoms with E-state index in [-0.39, 0.29) is 11.4 Å². The zero-order chi connectivity index (χ0) is 9.14. The molecule has 1 aromatic rings. The fraction of sp³-hybridized carbons (Fsp3) is 0.286. The van der Waals surface area contributed by atoms with Crippen LogP contribution in [0.5, 0.6) is 5.75 Å². The quantitative estimate of drug-likeness (QED) is 0.695. The van der Waals surface area contributed by atoms with E-state index in [0.29, 0.717) is 5.69 Å². The number of carboxylic acid groups (broad SMARTS) is 1. The van der Waals surface area contributed by atoms with Gasteiger partial charge in [0.05, 0.1) is 12.8 Å². The van der Waals surface area contributed by atoms with E-state index < -0.39 is 5.97 Å². The number of nitrogens with zero attached hydrogens (tertiary/aromatic N) is 2. The molecule has 12 heavy (non-hydrogen) atoms. The highest BCUT2D eigenvalue weighted by molar-refractivity contribution is 5.88. The monoisotopic (exact) mass is 168 g/mol. The summed E-state index contributed by atoms with van der Waals surface area (Å²) in [5.41, 5.74) is 0.412. The van der Waals surface area contributed by atoms with E-state index in [0.717, 1.165) is 0 Å². The lowest BCUT2D eigenvalue weighted by Gasteiger charge is -2.04. The summed E-state index contributed by atoms with van der Waals surface area (Å²) in [6.07, 6.45) is 1.20. The topological polar surface area (TPSA) is 72.3 Å². The minimum Gasteiger partial charge on any atom is -0.492 e. The number of carboxylic acids is 1. The van der Waals surface area contributed by atoms with Gasteiger partial charge < -0.3 is 9.84 Å². The number of methoxy groups -OCH3 is 1. The van der Waals surface area contributed by atoms with Gasteiger partial charge in [-0.2, -0.15) is 0 Å². The van der Waals surface area contributed by atoms with Gasteiger partial charge in [0.2, 0.25) is 0 Å². The fourth-order valence-corrected chi connectivity index (χ4v) is 0.859. The van der Waals surface area contributed by atoms with Gasteiger partial charge in [-0.05, 0) is 6.92 Å². The molecule has 0 aliphatic rings. The van der Waals surface area contributed by atoms with Crippen LogP contribution in [0.2, 0.25) is 0 Å². The lowest BCUT2D eigenvalue weighted by Crippen LogP contribution is -2.06. The zero-order valence-corrected chi connectivity index (χ0v) is 6.74. The summed E-state index contributed by atoms with van der Waals surface area (Å²) >= 11 is 0. The number of rotatable bonds is 2. The molecule has 0 unspecified atom stereocenters. The third-order valence-electron chi connectivity index (χ3n) is 1.39. The molecule has 1 rings (SSSR count). The normalized spacial score (nSPS) is 9.50. The van der Waals surface area contributed by atoms with Crippen LogP contribution in [0.15, 0.2) is 6.33 Å². The SMILES string of the molecule is COc1c(C)ncnc1C(=O)O. The molecule has 0 radical (unpaired) electrons. The first-order valence-electron chi connectivity index (χ1n) is 3.25. The average molecular weight is 168 g/mol. The highest BCUT2D eigenvalue weighted by Crippen LogP contribution is 2.17. The first-order chi connectivity index (χ1) is 5.66. The third kappa shape index (κ3) is 1.34. The van der Waals surface area contributed by atoms with Gasteiger partial charge in [0, 0.05) is 0 Å². The van der Waals surface area contributed by atoms with E-state index in [2.05, 4.69) is 9.97 Å². The molecule has 0 aliphatic heterocycles. The highest BCUT2D eigenvalue weighted by atomic mass is 16.5.